The molecule has 2 rings (SSSR count). The zero-order valence-corrected chi connectivity index (χ0v) is 13.6. The van der Waals surface area contributed by atoms with E-state index in [0.717, 1.165) is 27.1 Å². The van der Waals surface area contributed by atoms with Gasteiger partial charge in [0.05, 0.1) is 12.5 Å². The lowest BCUT2D eigenvalue weighted by atomic mass is 10.1. The predicted octanol–water partition coefficient (Wildman–Crippen LogP) is 4.59. The molecule has 0 aliphatic carbocycles. The molecule has 0 aliphatic heterocycles. The highest BCUT2D eigenvalue weighted by Gasteiger charge is 2.11. The van der Waals surface area contributed by atoms with E-state index < -0.39 is 0 Å². The number of hydrogen-bond acceptors (Lipinski definition) is 3. The Morgan fingerprint density at radius 3 is 2.57 bits per heavy atom. The van der Waals surface area contributed by atoms with Crippen molar-refractivity contribution in [2.75, 3.05) is 7.05 Å². The van der Waals surface area contributed by atoms with Crippen LogP contribution in [0.4, 0.5) is 0 Å². The maximum Gasteiger partial charge on any atom is 0.133 e. The summed E-state index contributed by atoms with van der Waals surface area (Å²) >= 11 is 3.48. The third-order valence-electron chi connectivity index (χ3n) is 3.31. The summed E-state index contributed by atoms with van der Waals surface area (Å²) < 4.78 is 6.97. The van der Waals surface area contributed by atoms with Gasteiger partial charge in [0.25, 0.3) is 0 Å². The summed E-state index contributed by atoms with van der Waals surface area (Å²) in [6.45, 7) is 2.09. The third-order valence-corrected chi connectivity index (χ3v) is 3.80. The van der Waals surface area contributed by atoms with Crippen LogP contribution in [0, 0.1) is 11.3 Å². The van der Waals surface area contributed by atoms with Gasteiger partial charge in [0, 0.05) is 16.1 Å². The van der Waals surface area contributed by atoms with Crippen LogP contribution in [-0.4, -0.2) is 7.05 Å². The van der Waals surface area contributed by atoms with Gasteiger partial charge in [0.1, 0.15) is 11.5 Å². The monoisotopic (exact) mass is 344 g/mol. The van der Waals surface area contributed by atoms with E-state index in [0.29, 0.717) is 6.42 Å². The van der Waals surface area contributed by atoms with Crippen molar-refractivity contribution in [3.63, 3.8) is 0 Å². The van der Waals surface area contributed by atoms with E-state index >= 15 is 0 Å². The van der Waals surface area contributed by atoms with Crippen LogP contribution in [0.1, 0.15) is 24.1 Å². The van der Waals surface area contributed by atoms with E-state index in [2.05, 4.69) is 34.2 Å². The quantitative estimate of drug-likeness (QED) is 0.862. The molecule has 0 aromatic heterocycles. The number of benzene rings is 2. The first-order valence-electron chi connectivity index (χ1n) is 6.74. The van der Waals surface area contributed by atoms with Gasteiger partial charge in [-0.25, -0.2) is 0 Å². The molecular weight excluding hydrogens is 328 g/mol. The van der Waals surface area contributed by atoms with Crippen molar-refractivity contribution in [1.82, 2.24) is 5.32 Å². The molecule has 0 heterocycles. The zero-order chi connectivity index (χ0) is 15.2. The summed E-state index contributed by atoms with van der Waals surface area (Å²) in [6, 6.07) is 16.0. The molecule has 2 aromatic rings. The Hall–Kier alpha value is -1.83. The normalized spacial score (nSPS) is 11.7. The highest BCUT2D eigenvalue weighted by atomic mass is 79.9. The molecule has 0 saturated heterocycles. The maximum absolute atomic E-state index is 8.69. The Morgan fingerprint density at radius 1 is 1.24 bits per heavy atom. The maximum atomic E-state index is 8.69. The fourth-order valence-corrected chi connectivity index (χ4v) is 2.34. The second-order valence-corrected chi connectivity index (χ2v) is 5.69. The van der Waals surface area contributed by atoms with Crippen molar-refractivity contribution in [2.45, 2.75) is 19.4 Å². The van der Waals surface area contributed by atoms with Gasteiger partial charge < -0.3 is 10.1 Å². The van der Waals surface area contributed by atoms with Crippen molar-refractivity contribution in [1.29, 1.82) is 5.26 Å². The molecule has 0 amide bonds. The average molecular weight is 345 g/mol. The average Bonchev–Trinajstić information content (AvgIpc) is 2.49. The molecule has 4 heteroatoms. The fourth-order valence-electron chi connectivity index (χ4n) is 2.00. The number of halogens is 1. The summed E-state index contributed by atoms with van der Waals surface area (Å²) in [5.74, 6) is 1.58. The molecule has 0 fully saturated rings. The van der Waals surface area contributed by atoms with Crippen LogP contribution in [0.15, 0.2) is 46.9 Å². The lowest BCUT2D eigenvalue weighted by Gasteiger charge is -2.17. The molecule has 21 heavy (non-hydrogen) atoms. The zero-order valence-electron chi connectivity index (χ0n) is 12.1. The number of rotatable bonds is 5. The molecule has 0 radical (unpaired) electrons. The fraction of sp³-hybridized carbons (Fsp3) is 0.235. The van der Waals surface area contributed by atoms with Crippen LogP contribution < -0.4 is 10.1 Å². The van der Waals surface area contributed by atoms with Crippen molar-refractivity contribution in [3.05, 3.63) is 58.1 Å². The number of hydrogen-bond donors (Lipinski definition) is 1. The van der Waals surface area contributed by atoms with E-state index in [-0.39, 0.29) is 6.04 Å². The minimum absolute atomic E-state index is 0.200. The summed E-state index contributed by atoms with van der Waals surface area (Å²) in [5, 5.41) is 11.9. The van der Waals surface area contributed by atoms with E-state index in [4.69, 9.17) is 10.00 Å². The van der Waals surface area contributed by atoms with Crippen molar-refractivity contribution in [3.8, 4) is 17.6 Å². The highest BCUT2D eigenvalue weighted by molar-refractivity contribution is 9.10. The topological polar surface area (TPSA) is 45.0 Å². The first kappa shape index (κ1) is 15.6. The Balaban J connectivity index is 2.26. The molecule has 0 spiro atoms. The van der Waals surface area contributed by atoms with Crippen LogP contribution in [-0.2, 0) is 6.42 Å². The van der Waals surface area contributed by atoms with Gasteiger partial charge in [-0.2, -0.15) is 5.26 Å². The number of ether oxygens (including phenoxy) is 1. The van der Waals surface area contributed by atoms with Crippen molar-refractivity contribution >= 4 is 15.9 Å². The Bertz CT molecular complexity index is 647. The van der Waals surface area contributed by atoms with Crippen molar-refractivity contribution < 1.29 is 4.74 Å². The Kier molecular flexibility index (Phi) is 5.38. The van der Waals surface area contributed by atoms with E-state index in [1.165, 1.54) is 0 Å². The molecule has 0 bridgehead atoms. The van der Waals surface area contributed by atoms with Crippen LogP contribution in [0.3, 0.4) is 0 Å². The standard InChI is InChI=1S/C17H17BrN2O/c1-12(20-2)16-8-5-14(18)11-17(16)21-15-6-3-13(4-7-15)9-10-19/h3-8,11-12,20H,9H2,1-2H3. The molecular formula is C17H17BrN2O. The van der Waals surface area contributed by atoms with Crippen LogP contribution >= 0.6 is 15.9 Å². The van der Waals surface area contributed by atoms with Gasteiger partial charge in [-0.1, -0.05) is 34.1 Å². The van der Waals surface area contributed by atoms with E-state index in [9.17, 15) is 0 Å². The number of nitrogens with zero attached hydrogens (tertiary/aromatic N) is 1. The molecule has 1 N–H and O–H groups in total. The number of nitrogens with one attached hydrogen (secondary N) is 1. The van der Waals surface area contributed by atoms with Gasteiger partial charge >= 0.3 is 0 Å². The minimum Gasteiger partial charge on any atom is -0.457 e. The van der Waals surface area contributed by atoms with E-state index in [1.807, 2.05) is 49.5 Å². The van der Waals surface area contributed by atoms with Gasteiger partial charge in [-0.05, 0) is 43.8 Å². The Morgan fingerprint density at radius 2 is 1.95 bits per heavy atom. The summed E-state index contributed by atoms with van der Waals surface area (Å²) in [4.78, 5) is 0. The predicted molar refractivity (Wildman–Crippen MR) is 87.4 cm³/mol. The third kappa shape index (κ3) is 4.07. The van der Waals surface area contributed by atoms with Gasteiger partial charge in [0.15, 0.2) is 0 Å². The van der Waals surface area contributed by atoms with Crippen molar-refractivity contribution in [2.24, 2.45) is 0 Å². The van der Waals surface area contributed by atoms with Gasteiger partial charge in [0.2, 0.25) is 0 Å². The second kappa shape index (κ2) is 7.26. The first-order valence-corrected chi connectivity index (χ1v) is 7.54. The van der Waals surface area contributed by atoms with E-state index in [1.54, 1.807) is 0 Å². The SMILES string of the molecule is CNC(C)c1ccc(Br)cc1Oc1ccc(CC#N)cc1. The molecule has 0 saturated carbocycles. The lowest BCUT2D eigenvalue weighted by Crippen LogP contribution is -2.13. The first-order chi connectivity index (χ1) is 10.1. The molecule has 108 valence electrons. The largest absolute Gasteiger partial charge is 0.457 e. The van der Waals surface area contributed by atoms with Gasteiger partial charge in [-0.15, -0.1) is 0 Å². The van der Waals surface area contributed by atoms with Gasteiger partial charge in [-0.3, -0.25) is 0 Å². The molecule has 0 aliphatic rings. The molecule has 3 nitrogen and oxygen atoms in total. The van der Waals surface area contributed by atoms with Crippen LogP contribution in [0.5, 0.6) is 11.5 Å². The highest BCUT2D eigenvalue weighted by Crippen LogP contribution is 2.32. The van der Waals surface area contributed by atoms with Crippen LogP contribution in [0.25, 0.3) is 0 Å². The summed E-state index contributed by atoms with van der Waals surface area (Å²) in [6.07, 6.45) is 0.416. The summed E-state index contributed by atoms with van der Waals surface area (Å²) in [7, 11) is 1.92. The number of nitriles is 1. The second-order valence-electron chi connectivity index (χ2n) is 4.77. The molecule has 1 atom stereocenters. The molecule has 2 aromatic carbocycles. The minimum atomic E-state index is 0.200. The smallest absolute Gasteiger partial charge is 0.133 e. The van der Waals surface area contributed by atoms with Crippen LogP contribution in [0.2, 0.25) is 0 Å². The Labute approximate surface area is 133 Å². The summed E-state index contributed by atoms with van der Waals surface area (Å²) in [5.41, 5.74) is 2.09. The molecule has 1 unspecified atom stereocenters. The lowest BCUT2D eigenvalue weighted by molar-refractivity contribution is 0.466.